The van der Waals surface area contributed by atoms with E-state index >= 15 is 0 Å². The molecule has 30 heavy (non-hydrogen) atoms. The van der Waals surface area contributed by atoms with Crippen molar-refractivity contribution in [2.75, 3.05) is 24.5 Å². The van der Waals surface area contributed by atoms with Gasteiger partial charge in [-0.3, -0.25) is 9.10 Å². The van der Waals surface area contributed by atoms with Crippen LogP contribution in [0.4, 0.5) is 5.69 Å². The highest BCUT2D eigenvalue weighted by molar-refractivity contribution is 7.94. The number of hydrogen-bond donors (Lipinski definition) is 0. The first-order valence-corrected chi connectivity index (χ1v) is 11.8. The minimum absolute atomic E-state index is 0.0800. The Bertz CT molecular complexity index is 1050. The third kappa shape index (κ3) is 5.20. The highest BCUT2D eigenvalue weighted by atomic mass is 32.2. The van der Waals surface area contributed by atoms with Crippen LogP contribution in [0, 0.1) is 0 Å². The van der Waals surface area contributed by atoms with Crippen LogP contribution in [0.15, 0.2) is 76.3 Å². The predicted octanol–water partition coefficient (Wildman–Crippen LogP) is 4.00. The lowest BCUT2D eigenvalue weighted by Gasteiger charge is -2.21. The number of hydrogen-bond acceptors (Lipinski definition) is 5. The molecule has 0 saturated carbocycles. The van der Waals surface area contributed by atoms with E-state index in [1.165, 1.54) is 22.7 Å². The van der Waals surface area contributed by atoms with Crippen LogP contribution in [-0.2, 0) is 21.4 Å². The molecule has 8 heteroatoms. The number of nitrogens with zero attached hydrogens (tertiary/aromatic N) is 2. The molecule has 0 saturated heterocycles. The van der Waals surface area contributed by atoms with E-state index in [9.17, 15) is 13.2 Å². The molecule has 0 unspecified atom stereocenters. The van der Waals surface area contributed by atoms with E-state index in [-0.39, 0.29) is 16.7 Å². The molecule has 0 bridgehead atoms. The lowest BCUT2D eigenvalue weighted by atomic mass is 10.2. The van der Waals surface area contributed by atoms with Crippen molar-refractivity contribution >= 4 is 33.0 Å². The molecule has 3 aromatic rings. The van der Waals surface area contributed by atoms with Gasteiger partial charge < -0.3 is 9.64 Å². The first kappa shape index (κ1) is 21.9. The zero-order chi connectivity index (χ0) is 21.6. The second-order valence-corrected chi connectivity index (χ2v) is 9.72. The van der Waals surface area contributed by atoms with Gasteiger partial charge in [-0.25, -0.2) is 8.42 Å². The summed E-state index contributed by atoms with van der Waals surface area (Å²) >= 11 is 1.18. The number of thiophene rings is 1. The number of likely N-dealkylation sites (N-methyl/N-ethyl adjacent to an activating group) is 1. The number of carbonyl (C=O) groups excluding carboxylic acids is 1. The fraction of sp³-hybridized carbons (Fsp3) is 0.227. The maximum Gasteiger partial charge on any atom is 0.273 e. The largest absolute Gasteiger partial charge is 0.484 e. The van der Waals surface area contributed by atoms with Crippen molar-refractivity contribution in [1.82, 2.24) is 4.90 Å². The van der Waals surface area contributed by atoms with Crippen LogP contribution in [0.25, 0.3) is 0 Å². The highest BCUT2D eigenvalue weighted by Gasteiger charge is 2.22. The van der Waals surface area contributed by atoms with E-state index < -0.39 is 10.0 Å². The van der Waals surface area contributed by atoms with Crippen molar-refractivity contribution in [2.45, 2.75) is 17.7 Å². The molecule has 0 fully saturated rings. The molecule has 0 aliphatic carbocycles. The van der Waals surface area contributed by atoms with Crippen LogP contribution in [0.3, 0.4) is 0 Å². The number of sulfonamides is 1. The molecule has 158 valence electrons. The maximum absolute atomic E-state index is 12.6. The van der Waals surface area contributed by atoms with Crippen LogP contribution >= 0.6 is 11.3 Å². The molecular weight excluding hydrogens is 420 g/mol. The topological polar surface area (TPSA) is 66.9 Å². The van der Waals surface area contributed by atoms with Gasteiger partial charge in [0.1, 0.15) is 9.96 Å². The van der Waals surface area contributed by atoms with Gasteiger partial charge in [-0.05, 0) is 48.2 Å². The molecule has 0 aliphatic rings. The number of anilines is 1. The van der Waals surface area contributed by atoms with Crippen LogP contribution in [0.2, 0.25) is 0 Å². The van der Waals surface area contributed by atoms with Crippen LogP contribution in [0.5, 0.6) is 5.75 Å². The summed E-state index contributed by atoms with van der Waals surface area (Å²) < 4.78 is 32.4. The Morgan fingerprint density at radius 1 is 1.00 bits per heavy atom. The van der Waals surface area contributed by atoms with E-state index in [4.69, 9.17) is 4.74 Å². The maximum atomic E-state index is 12.6. The molecule has 1 aromatic heterocycles. The molecule has 0 radical (unpaired) electrons. The number of benzene rings is 2. The van der Waals surface area contributed by atoms with Crippen LogP contribution in [0.1, 0.15) is 12.5 Å². The zero-order valence-electron chi connectivity index (χ0n) is 16.9. The Balaban J connectivity index is 1.59. The Hall–Kier alpha value is -2.84. The normalized spacial score (nSPS) is 11.1. The molecule has 0 spiro atoms. The average molecular weight is 445 g/mol. The van der Waals surface area contributed by atoms with E-state index in [1.807, 2.05) is 37.3 Å². The van der Waals surface area contributed by atoms with Crippen molar-refractivity contribution in [1.29, 1.82) is 0 Å². The quantitative estimate of drug-likeness (QED) is 0.500. The third-order valence-electron chi connectivity index (χ3n) is 4.62. The molecule has 6 nitrogen and oxygen atoms in total. The minimum atomic E-state index is -3.58. The third-order valence-corrected chi connectivity index (χ3v) is 7.78. The Morgan fingerprint density at radius 2 is 1.70 bits per heavy atom. The molecule has 0 aliphatic heterocycles. The van der Waals surface area contributed by atoms with Gasteiger partial charge in [0.2, 0.25) is 0 Å². The van der Waals surface area contributed by atoms with Crippen molar-refractivity contribution in [3.8, 4) is 5.75 Å². The van der Waals surface area contributed by atoms with Gasteiger partial charge in [0, 0.05) is 20.1 Å². The van der Waals surface area contributed by atoms with Gasteiger partial charge in [0.25, 0.3) is 15.9 Å². The zero-order valence-corrected chi connectivity index (χ0v) is 18.5. The van der Waals surface area contributed by atoms with Crippen molar-refractivity contribution in [2.24, 2.45) is 0 Å². The summed E-state index contributed by atoms with van der Waals surface area (Å²) in [6.45, 7) is 2.97. The smallest absolute Gasteiger partial charge is 0.273 e. The molecule has 0 atom stereocenters. The lowest BCUT2D eigenvalue weighted by molar-refractivity contribution is -0.133. The number of rotatable bonds is 9. The molecular formula is C22H24N2O4S2. The van der Waals surface area contributed by atoms with Gasteiger partial charge >= 0.3 is 0 Å². The molecule has 3 rings (SSSR count). The Labute approximate surface area is 181 Å². The highest BCUT2D eigenvalue weighted by Crippen LogP contribution is 2.26. The second-order valence-electron chi connectivity index (χ2n) is 6.58. The van der Waals surface area contributed by atoms with E-state index in [1.54, 1.807) is 46.7 Å². The van der Waals surface area contributed by atoms with Gasteiger partial charge in [0.15, 0.2) is 6.61 Å². The summed E-state index contributed by atoms with van der Waals surface area (Å²) in [6.07, 6.45) is 0. The van der Waals surface area contributed by atoms with Crippen LogP contribution in [-0.4, -0.2) is 39.4 Å². The molecule has 1 amide bonds. The number of carbonyl (C=O) groups is 1. The summed E-state index contributed by atoms with van der Waals surface area (Å²) in [5.74, 6) is 0.396. The monoisotopic (exact) mass is 444 g/mol. The average Bonchev–Trinajstić information content (AvgIpc) is 3.32. The Kier molecular flexibility index (Phi) is 7.12. The minimum Gasteiger partial charge on any atom is -0.484 e. The van der Waals surface area contributed by atoms with E-state index in [0.717, 1.165) is 5.56 Å². The van der Waals surface area contributed by atoms with Gasteiger partial charge in [-0.2, -0.15) is 0 Å². The van der Waals surface area contributed by atoms with Gasteiger partial charge in [-0.15, -0.1) is 11.3 Å². The predicted molar refractivity (Wildman–Crippen MR) is 119 cm³/mol. The summed E-state index contributed by atoms with van der Waals surface area (Å²) in [4.78, 5) is 14.2. The summed E-state index contributed by atoms with van der Waals surface area (Å²) in [5, 5.41) is 1.73. The molecule has 1 heterocycles. The van der Waals surface area contributed by atoms with Gasteiger partial charge in [-0.1, -0.05) is 36.4 Å². The van der Waals surface area contributed by atoms with Crippen molar-refractivity contribution in [3.63, 3.8) is 0 Å². The van der Waals surface area contributed by atoms with Gasteiger partial charge in [0.05, 0.1) is 5.69 Å². The summed E-state index contributed by atoms with van der Waals surface area (Å²) in [5.41, 5.74) is 1.58. The molecule has 2 aromatic carbocycles. The standard InChI is InChI=1S/C22H24N2O4S2/c1-3-24(16-18-8-5-4-6-9-18)21(25)17-28-20-13-11-19(12-14-20)23(2)30(26,27)22-10-7-15-29-22/h4-15H,3,16-17H2,1-2H3. The lowest BCUT2D eigenvalue weighted by Crippen LogP contribution is -2.34. The van der Waals surface area contributed by atoms with Crippen LogP contribution < -0.4 is 9.04 Å². The number of ether oxygens (including phenoxy) is 1. The first-order valence-electron chi connectivity index (χ1n) is 9.49. The number of amides is 1. The summed E-state index contributed by atoms with van der Waals surface area (Å²) in [6, 6.07) is 19.7. The summed E-state index contributed by atoms with van der Waals surface area (Å²) in [7, 11) is -2.07. The van der Waals surface area contributed by atoms with Crippen molar-refractivity contribution < 1.29 is 17.9 Å². The van der Waals surface area contributed by atoms with E-state index in [0.29, 0.717) is 24.5 Å². The SMILES string of the molecule is CCN(Cc1ccccc1)C(=O)COc1ccc(N(C)S(=O)(=O)c2cccs2)cc1. The Morgan fingerprint density at radius 3 is 2.30 bits per heavy atom. The fourth-order valence-electron chi connectivity index (χ4n) is 2.85. The molecule has 0 N–H and O–H groups in total. The van der Waals surface area contributed by atoms with E-state index in [2.05, 4.69) is 0 Å². The second kappa shape index (κ2) is 9.77. The van der Waals surface area contributed by atoms with Crippen molar-refractivity contribution in [3.05, 3.63) is 77.7 Å². The first-order chi connectivity index (χ1) is 14.4. The fourth-order valence-corrected chi connectivity index (χ4v) is 5.21.